The maximum atomic E-state index is 13.9. The number of hydrogen-bond donors (Lipinski definition) is 2. The predicted molar refractivity (Wildman–Crippen MR) is 97.6 cm³/mol. The molecule has 27 heavy (non-hydrogen) atoms. The van der Waals surface area contributed by atoms with Gasteiger partial charge >= 0.3 is 0 Å². The summed E-state index contributed by atoms with van der Waals surface area (Å²) in [5, 5.41) is 4.38. The van der Waals surface area contributed by atoms with Crippen molar-refractivity contribution in [3.63, 3.8) is 0 Å². The minimum atomic E-state index is -1.64. The molecule has 4 rings (SSSR count). The second-order valence-electron chi connectivity index (χ2n) is 6.86. The van der Waals surface area contributed by atoms with Crippen LogP contribution in [0.4, 0.5) is 13.2 Å². The molecule has 2 aromatic carbocycles. The zero-order valence-electron chi connectivity index (χ0n) is 14.4. The van der Waals surface area contributed by atoms with Crippen LogP contribution in [-0.2, 0) is 12.8 Å². The highest BCUT2D eigenvalue weighted by atomic mass is 35.5. The Morgan fingerprint density at radius 2 is 2.00 bits per heavy atom. The quantitative estimate of drug-likeness (QED) is 0.602. The van der Waals surface area contributed by atoms with E-state index in [1.165, 1.54) is 0 Å². The van der Waals surface area contributed by atoms with E-state index in [1.54, 1.807) is 0 Å². The number of rotatable bonds is 2. The highest BCUT2D eigenvalue weighted by Crippen LogP contribution is 2.33. The van der Waals surface area contributed by atoms with E-state index >= 15 is 0 Å². The molecule has 0 saturated carbocycles. The summed E-state index contributed by atoms with van der Waals surface area (Å²) in [4.78, 5) is 15.8. The Kier molecular flexibility index (Phi) is 4.38. The Morgan fingerprint density at radius 3 is 2.78 bits per heavy atom. The van der Waals surface area contributed by atoms with Crippen molar-refractivity contribution in [2.45, 2.75) is 32.2 Å². The Labute approximate surface area is 158 Å². The Morgan fingerprint density at radius 1 is 1.22 bits per heavy atom. The molecule has 0 spiro atoms. The van der Waals surface area contributed by atoms with Crippen molar-refractivity contribution >= 4 is 28.4 Å². The van der Waals surface area contributed by atoms with Crippen molar-refractivity contribution in [3.05, 3.63) is 69.1 Å². The molecule has 3 nitrogen and oxygen atoms in total. The number of hydrogen-bond acceptors (Lipinski definition) is 1. The first-order valence-electron chi connectivity index (χ1n) is 8.59. The number of fused-ring (bicyclic) bond motifs is 3. The highest BCUT2D eigenvalue weighted by Gasteiger charge is 2.26. The van der Waals surface area contributed by atoms with Crippen molar-refractivity contribution in [3.8, 4) is 0 Å². The maximum Gasteiger partial charge on any atom is 0.254 e. The summed E-state index contributed by atoms with van der Waals surface area (Å²) in [6.07, 6.45) is 1.92. The molecular formula is C20H16ClF3N2O. The van der Waals surface area contributed by atoms with Crippen LogP contribution in [0.1, 0.15) is 33.6 Å². The van der Waals surface area contributed by atoms with E-state index in [9.17, 15) is 18.0 Å². The van der Waals surface area contributed by atoms with Crippen LogP contribution in [0.5, 0.6) is 0 Å². The van der Waals surface area contributed by atoms with E-state index in [0.717, 1.165) is 39.9 Å². The zero-order chi connectivity index (χ0) is 19.3. The standard InChI is InChI=1S/C20H16ClF3N2O/c1-9-6-10(21)7-14-13-8-11(2-5-16(13)26-19(9)14)25-20(27)12-3-4-15(22)18(24)17(12)23/h3-4,6-7,11,26H,2,5,8H2,1H3,(H,25,27)/t11-/m1/s1. The number of nitrogens with one attached hydrogen (secondary N) is 2. The van der Waals surface area contributed by atoms with Gasteiger partial charge in [-0.25, -0.2) is 13.2 Å². The highest BCUT2D eigenvalue weighted by molar-refractivity contribution is 6.31. The number of aromatic nitrogens is 1. The summed E-state index contributed by atoms with van der Waals surface area (Å²) in [6.45, 7) is 1.97. The molecule has 0 bridgehead atoms. The summed E-state index contributed by atoms with van der Waals surface area (Å²) in [7, 11) is 0. The fourth-order valence-corrected chi connectivity index (χ4v) is 4.01. The van der Waals surface area contributed by atoms with Gasteiger partial charge in [0.15, 0.2) is 17.5 Å². The number of amides is 1. The van der Waals surface area contributed by atoms with Crippen LogP contribution >= 0.6 is 11.6 Å². The molecule has 0 fully saturated rings. The minimum Gasteiger partial charge on any atom is -0.358 e. The van der Waals surface area contributed by atoms with Gasteiger partial charge in [-0.2, -0.15) is 0 Å². The Bertz CT molecular complexity index is 1080. The predicted octanol–water partition coefficient (Wildman–Crippen LogP) is 4.83. The molecule has 140 valence electrons. The lowest BCUT2D eigenvalue weighted by molar-refractivity contribution is 0.0928. The monoisotopic (exact) mass is 392 g/mol. The van der Waals surface area contributed by atoms with Gasteiger partial charge in [-0.05, 0) is 61.6 Å². The van der Waals surface area contributed by atoms with Gasteiger partial charge in [-0.15, -0.1) is 0 Å². The van der Waals surface area contributed by atoms with Crippen LogP contribution in [0.15, 0.2) is 24.3 Å². The molecule has 1 aliphatic carbocycles. The first-order chi connectivity index (χ1) is 12.8. The van der Waals surface area contributed by atoms with Crippen LogP contribution in [0.2, 0.25) is 5.02 Å². The molecule has 1 aliphatic rings. The molecule has 1 atom stereocenters. The smallest absolute Gasteiger partial charge is 0.254 e. The first-order valence-corrected chi connectivity index (χ1v) is 8.97. The molecule has 1 amide bonds. The van der Waals surface area contributed by atoms with Gasteiger partial charge in [0.2, 0.25) is 0 Å². The van der Waals surface area contributed by atoms with E-state index < -0.39 is 28.9 Å². The summed E-state index contributed by atoms with van der Waals surface area (Å²) < 4.78 is 40.3. The van der Waals surface area contributed by atoms with Gasteiger partial charge < -0.3 is 10.3 Å². The van der Waals surface area contributed by atoms with Gasteiger partial charge in [-0.3, -0.25) is 4.79 Å². The van der Waals surface area contributed by atoms with Crippen LogP contribution < -0.4 is 5.32 Å². The minimum absolute atomic E-state index is 0.240. The average Bonchev–Trinajstić information content (AvgIpc) is 2.98. The second-order valence-corrected chi connectivity index (χ2v) is 7.30. The number of carbonyl (C=O) groups excluding carboxylic acids is 1. The van der Waals surface area contributed by atoms with Gasteiger partial charge in [0, 0.05) is 27.7 Å². The van der Waals surface area contributed by atoms with Crippen LogP contribution in [0, 0.1) is 24.4 Å². The summed E-state index contributed by atoms with van der Waals surface area (Å²) >= 11 is 6.18. The van der Waals surface area contributed by atoms with E-state index in [0.29, 0.717) is 24.3 Å². The number of aryl methyl sites for hydroxylation is 2. The Hall–Kier alpha value is -2.47. The van der Waals surface area contributed by atoms with Crippen molar-refractivity contribution in [2.75, 3.05) is 0 Å². The molecule has 0 saturated heterocycles. The normalized spacial score (nSPS) is 16.4. The summed E-state index contributed by atoms with van der Waals surface area (Å²) in [6, 6.07) is 5.23. The summed E-state index contributed by atoms with van der Waals surface area (Å²) in [5.41, 5.74) is 3.72. The molecular weight excluding hydrogens is 377 g/mol. The zero-order valence-corrected chi connectivity index (χ0v) is 15.2. The third-order valence-electron chi connectivity index (χ3n) is 5.07. The average molecular weight is 393 g/mol. The van der Waals surface area contributed by atoms with E-state index in [-0.39, 0.29) is 6.04 Å². The SMILES string of the molecule is Cc1cc(Cl)cc2c3c([nH]c12)CC[C@@H](NC(=O)c1ccc(F)c(F)c1F)C3. The van der Waals surface area contributed by atoms with Gasteiger partial charge in [0.05, 0.1) is 5.56 Å². The largest absolute Gasteiger partial charge is 0.358 e. The van der Waals surface area contributed by atoms with Gasteiger partial charge in [0.1, 0.15) is 0 Å². The van der Waals surface area contributed by atoms with E-state index in [1.807, 2.05) is 19.1 Å². The van der Waals surface area contributed by atoms with E-state index in [4.69, 9.17) is 11.6 Å². The first kappa shape index (κ1) is 17.9. The molecule has 1 heterocycles. The molecule has 7 heteroatoms. The van der Waals surface area contributed by atoms with Crippen molar-refractivity contribution in [1.29, 1.82) is 0 Å². The fraction of sp³-hybridized carbons (Fsp3) is 0.250. The van der Waals surface area contributed by atoms with Crippen molar-refractivity contribution in [1.82, 2.24) is 10.3 Å². The van der Waals surface area contributed by atoms with Gasteiger partial charge in [-0.1, -0.05) is 11.6 Å². The second kappa shape index (κ2) is 6.60. The number of H-pyrrole nitrogens is 1. The fourth-order valence-electron chi connectivity index (χ4n) is 3.74. The third kappa shape index (κ3) is 3.08. The van der Waals surface area contributed by atoms with Crippen LogP contribution in [-0.4, -0.2) is 16.9 Å². The lowest BCUT2D eigenvalue weighted by Crippen LogP contribution is -2.39. The number of halogens is 4. The Balaban J connectivity index is 1.60. The number of carbonyl (C=O) groups is 1. The van der Waals surface area contributed by atoms with Crippen molar-refractivity contribution in [2.24, 2.45) is 0 Å². The lowest BCUT2D eigenvalue weighted by Gasteiger charge is -2.24. The third-order valence-corrected chi connectivity index (χ3v) is 5.29. The van der Waals surface area contributed by atoms with Crippen molar-refractivity contribution < 1.29 is 18.0 Å². The van der Waals surface area contributed by atoms with E-state index in [2.05, 4.69) is 10.3 Å². The molecule has 3 aromatic rings. The van der Waals surface area contributed by atoms with Crippen LogP contribution in [0.25, 0.3) is 10.9 Å². The molecule has 0 unspecified atom stereocenters. The summed E-state index contributed by atoms with van der Waals surface area (Å²) in [5.74, 6) is -5.19. The van der Waals surface area contributed by atoms with Crippen LogP contribution in [0.3, 0.4) is 0 Å². The number of aromatic amines is 1. The maximum absolute atomic E-state index is 13.9. The lowest BCUT2D eigenvalue weighted by atomic mass is 9.91. The topological polar surface area (TPSA) is 44.9 Å². The number of benzene rings is 2. The van der Waals surface area contributed by atoms with Gasteiger partial charge in [0.25, 0.3) is 5.91 Å². The molecule has 0 radical (unpaired) electrons. The molecule has 2 N–H and O–H groups in total. The molecule has 0 aliphatic heterocycles. The molecule has 1 aromatic heterocycles.